The van der Waals surface area contributed by atoms with Gasteiger partial charge in [0.2, 0.25) is 0 Å². The number of rotatable bonds is 5. The minimum absolute atomic E-state index is 0.0412. The van der Waals surface area contributed by atoms with Gasteiger partial charge in [0.15, 0.2) is 0 Å². The van der Waals surface area contributed by atoms with E-state index in [1.54, 1.807) is 28.8 Å². The van der Waals surface area contributed by atoms with E-state index >= 15 is 0 Å². The zero-order valence-electron chi connectivity index (χ0n) is 17.2. The van der Waals surface area contributed by atoms with Crippen LogP contribution in [-0.2, 0) is 10.0 Å². The second-order valence-electron chi connectivity index (χ2n) is 7.32. The van der Waals surface area contributed by atoms with E-state index in [4.69, 9.17) is 0 Å². The highest BCUT2D eigenvalue weighted by Gasteiger charge is 2.19. The summed E-state index contributed by atoms with van der Waals surface area (Å²) in [7, 11) is -3.83. The first-order valence-corrected chi connectivity index (χ1v) is 11.5. The van der Waals surface area contributed by atoms with Gasteiger partial charge < -0.3 is 0 Å². The number of benzene rings is 3. The summed E-state index contributed by atoms with van der Waals surface area (Å²) in [6, 6.07) is 28.0. The van der Waals surface area contributed by atoms with Crippen LogP contribution in [-0.4, -0.2) is 28.0 Å². The third-order valence-corrected chi connectivity index (χ3v) is 6.35. The largest absolute Gasteiger partial charge is 0.264 e. The molecule has 0 amide bonds. The fraction of sp³-hybridized carbons (Fsp3) is 0.0417. The Morgan fingerprint density at radius 3 is 2.06 bits per heavy atom. The van der Waals surface area contributed by atoms with Crippen molar-refractivity contribution in [3.05, 3.63) is 96.6 Å². The Balaban J connectivity index is 1.63. The van der Waals surface area contributed by atoms with E-state index in [0.717, 1.165) is 28.1 Å². The minimum atomic E-state index is -3.83. The van der Waals surface area contributed by atoms with Crippen molar-refractivity contribution < 1.29 is 8.42 Å². The highest BCUT2D eigenvalue weighted by atomic mass is 32.2. The second-order valence-corrected chi connectivity index (χ2v) is 9.01. The highest BCUT2D eigenvalue weighted by Crippen LogP contribution is 2.26. The average molecular weight is 442 g/mol. The molecular formula is C24H19N5O2S. The van der Waals surface area contributed by atoms with Crippen molar-refractivity contribution in [2.45, 2.75) is 11.8 Å². The van der Waals surface area contributed by atoms with Gasteiger partial charge in [-0.2, -0.15) is 9.50 Å². The fourth-order valence-corrected chi connectivity index (χ4v) is 4.32. The van der Waals surface area contributed by atoms with Crippen molar-refractivity contribution in [1.82, 2.24) is 19.6 Å². The molecule has 0 bridgehead atoms. The van der Waals surface area contributed by atoms with Gasteiger partial charge in [-0.05, 0) is 25.1 Å². The smallest absolute Gasteiger partial charge is 0.246 e. The molecule has 8 heteroatoms. The molecule has 32 heavy (non-hydrogen) atoms. The lowest BCUT2D eigenvalue weighted by molar-refractivity contribution is 0.601. The van der Waals surface area contributed by atoms with Crippen LogP contribution in [0.5, 0.6) is 0 Å². The quantitative estimate of drug-likeness (QED) is 0.432. The summed E-state index contributed by atoms with van der Waals surface area (Å²) >= 11 is 0. The van der Waals surface area contributed by atoms with E-state index in [0.29, 0.717) is 5.78 Å². The number of hydrogen-bond donors (Lipinski definition) is 1. The maximum atomic E-state index is 12.8. The van der Waals surface area contributed by atoms with Crippen molar-refractivity contribution in [2.75, 3.05) is 4.72 Å². The summed E-state index contributed by atoms with van der Waals surface area (Å²) in [5.41, 5.74) is 4.28. The van der Waals surface area contributed by atoms with Crippen LogP contribution >= 0.6 is 0 Å². The SMILES string of the molecule is Cc1ccc(S(=O)(=O)Nc2nc3nc(-c4ccccc4)cc(-c4ccccc4)n3n2)cc1. The predicted octanol–water partition coefficient (Wildman–Crippen LogP) is 4.57. The summed E-state index contributed by atoms with van der Waals surface area (Å²) < 4.78 is 29.6. The van der Waals surface area contributed by atoms with Gasteiger partial charge in [0, 0.05) is 11.1 Å². The molecule has 0 saturated heterocycles. The van der Waals surface area contributed by atoms with E-state index in [2.05, 4.69) is 19.8 Å². The van der Waals surface area contributed by atoms with E-state index in [-0.39, 0.29) is 10.8 Å². The summed E-state index contributed by atoms with van der Waals surface area (Å²) in [4.78, 5) is 9.13. The van der Waals surface area contributed by atoms with Crippen LogP contribution in [0.1, 0.15) is 5.56 Å². The van der Waals surface area contributed by atoms with Crippen LogP contribution in [0.25, 0.3) is 28.3 Å². The number of hydrogen-bond acceptors (Lipinski definition) is 5. The van der Waals surface area contributed by atoms with E-state index < -0.39 is 10.0 Å². The first-order chi connectivity index (χ1) is 15.5. The molecule has 7 nitrogen and oxygen atoms in total. The summed E-state index contributed by atoms with van der Waals surface area (Å²) in [6.45, 7) is 1.90. The Kier molecular flexibility index (Phi) is 4.91. The van der Waals surface area contributed by atoms with Gasteiger partial charge in [-0.15, -0.1) is 5.10 Å². The summed E-state index contributed by atoms with van der Waals surface area (Å²) in [5.74, 6) is 0.257. The number of aromatic nitrogens is 4. The Bertz CT molecular complexity index is 1500. The van der Waals surface area contributed by atoms with E-state index in [9.17, 15) is 8.42 Å². The van der Waals surface area contributed by atoms with Crippen molar-refractivity contribution in [3.8, 4) is 22.5 Å². The third-order valence-electron chi connectivity index (χ3n) is 5.01. The van der Waals surface area contributed by atoms with Gasteiger partial charge in [0.25, 0.3) is 21.7 Å². The molecule has 0 radical (unpaired) electrons. The maximum absolute atomic E-state index is 12.8. The van der Waals surface area contributed by atoms with Crippen molar-refractivity contribution in [1.29, 1.82) is 0 Å². The third kappa shape index (κ3) is 3.83. The van der Waals surface area contributed by atoms with Crippen LogP contribution in [0.15, 0.2) is 95.9 Å². The van der Waals surface area contributed by atoms with Crippen LogP contribution in [0.4, 0.5) is 5.95 Å². The second kappa shape index (κ2) is 7.90. The number of nitrogens with zero attached hydrogens (tertiary/aromatic N) is 4. The lowest BCUT2D eigenvalue weighted by atomic mass is 10.1. The normalized spacial score (nSPS) is 11.5. The lowest BCUT2D eigenvalue weighted by Gasteiger charge is -2.07. The Morgan fingerprint density at radius 1 is 0.781 bits per heavy atom. The predicted molar refractivity (Wildman–Crippen MR) is 124 cm³/mol. The van der Waals surface area contributed by atoms with Crippen molar-refractivity contribution in [2.24, 2.45) is 0 Å². The lowest BCUT2D eigenvalue weighted by Crippen LogP contribution is -2.14. The number of nitrogens with one attached hydrogen (secondary N) is 1. The molecule has 3 aromatic carbocycles. The minimum Gasteiger partial charge on any atom is -0.246 e. The fourth-order valence-electron chi connectivity index (χ4n) is 3.38. The van der Waals surface area contributed by atoms with Gasteiger partial charge in [0.1, 0.15) is 0 Å². The summed E-state index contributed by atoms with van der Waals surface area (Å²) in [6.07, 6.45) is 0. The number of fused-ring (bicyclic) bond motifs is 1. The van der Waals surface area contributed by atoms with Gasteiger partial charge in [0.05, 0.1) is 16.3 Å². The molecule has 0 unspecified atom stereocenters. The van der Waals surface area contributed by atoms with Gasteiger partial charge in [-0.3, -0.25) is 0 Å². The van der Waals surface area contributed by atoms with Crippen LogP contribution < -0.4 is 4.72 Å². The average Bonchev–Trinajstić information content (AvgIpc) is 3.21. The molecule has 158 valence electrons. The number of anilines is 1. The Hall–Kier alpha value is -4.04. The maximum Gasteiger partial charge on any atom is 0.264 e. The zero-order chi connectivity index (χ0) is 22.1. The monoisotopic (exact) mass is 441 g/mol. The Morgan fingerprint density at radius 2 is 1.41 bits per heavy atom. The van der Waals surface area contributed by atoms with Crippen LogP contribution in [0.3, 0.4) is 0 Å². The molecule has 2 aromatic heterocycles. The molecule has 0 saturated carbocycles. The number of aryl methyl sites for hydroxylation is 1. The molecule has 0 atom stereocenters. The molecule has 5 aromatic rings. The molecule has 0 aliphatic rings. The molecule has 0 aliphatic heterocycles. The molecule has 0 aliphatic carbocycles. The molecule has 0 fully saturated rings. The topological polar surface area (TPSA) is 89.2 Å². The first-order valence-electron chi connectivity index (χ1n) is 9.98. The highest BCUT2D eigenvalue weighted by molar-refractivity contribution is 7.92. The van der Waals surface area contributed by atoms with Gasteiger partial charge in [-0.1, -0.05) is 78.4 Å². The van der Waals surface area contributed by atoms with Gasteiger partial charge >= 0.3 is 0 Å². The van der Waals surface area contributed by atoms with Crippen molar-refractivity contribution >= 4 is 21.7 Å². The molecular weight excluding hydrogens is 422 g/mol. The molecule has 0 spiro atoms. The van der Waals surface area contributed by atoms with Crippen LogP contribution in [0, 0.1) is 6.92 Å². The van der Waals surface area contributed by atoms with E-state index in [1.165, 1.54) is 0 Å². The standard InChI is InChI=1S/C24H19N5O2S/c1-17-12-14-20(15-13-17)32(30,31)28-23-26-24-25-21(18-8-4-2-5-9-18)16-22(29(24)27-23)19-10-6-3-7-11-19/h2-16H,1H3,(H,27,28). The molecule has 5 rings (SSSR count). The van der Waals surface area contributed by atoms with Crippen molar-refractivity contribution in [3.63, 3.8) is 0 Å². The molecule has 1 N–H and O–H groups in total. The zero-order valence-corrected chi connectivity index (χ0v) is 18.0. The van der Waals surface area contributed by atoms with E-state index in [1.807, 2.05) is 73.7 Å². The van der Waals surface area contributed by atoms with Crippen LogP contribution in [0.2, 0.25) is 0 Å². The van der Waals surface area contributed by atoms with Gasteiger partial charge in [-0.25, -0.2) is 18.1 Å². The summed E-state index contributed by atoms with van der Waals surface area (Å²) in [5, 5.41) is 4.40. The number of sulfonamides is 1. The Labute approximate surface area is 185 Å². The molecule has 2 heterocycles. The first kappa shape index (κ1) is 19.9.